The van der Waals surface area contributed by atoms with E-state index in [1.165, 1.54) is 31.2 Å². The fourth-order valence-corrected chi connectivity index (χ4v) is 2.53. The van der Waals surface area contributed by atoms with E-state index >= 15 is 0 Å². The summed E-state index contributed by atoms with van der Waals surface area (Å²) in [6, 6.07) is 8.97. The molecule has 1 aliphatic rings. The van der Waals surface area contributed by atoms with Crippen molar-refractivity contribution in [3.05, 3.63) is 55.4 Å². The molecule has 0 unspecified atom stereocenters. The number of benzene rings is 1. The van der Waals surface area contributed by atoms with Crippen LogP contribution >= 0.6 is 0 Å². The van der Waals surface area contributed by atoms with Crippen molar-refractivity contribution >= 4 is 5.69 Å². The Morgan fingerprint density at radius 2 is 1.50 bits per heavy atom. The van der Waals surface area contributed by atoms with Gasteiger partial charge in [-0.2, -0.15) is 0 Å². The number of nitrogen functional groups attached to an aromatic ring is 1. The fraction of sp³-hybridized carbons (Fsp3) is 0.474. The van der Waals surface area contributed by atoms with Gasteiger partial charge in [0.05, 0.1) is 0 Å². The Balaban J connectivity index is 0.000000640. The first-order valence-electron chi connectivity index (χ1n) is 8.21. The molecule has 1 aromatic carbocycles. The number of rotatable bonds is 4. The van der Waals surface area contributed by atoms with Crippen LogP contribution in [0.3, 0.4) is 0 Å². The summed E-state index contributed by atoms with van der Waals surface area (Å²) in [7, 11) is 1.81. The molecule has 0 spiro atoms. The molecule has 3 heteroatoms. The smallest absolute Gasteiger partial charge is 0.0314 e. The van der Waals surface area contributed by atoms with Crippen molar-refractivity contribution in [1.29, 1.82) is 0 Å². The Kier molecular flexibility index (Phi) is 11.7. The van der Waals surface area contributed by atoms with Crippen LogP contribution in [0.25, 0.3) is 0 Å². The number of hydrogen-bond donors (Lipinski definition) is 3. The maximum atomic E-state index is 5.70. The summed E-state index contributed by atoms with van der Waals surface area (Å²) in [4.78, 5) is 0. The lowest BCUT2D eigenvalue weighted by Gasteiger charge is -2.29. The van der Waals surface area contributed by atoms with Crippen molar-refractivity contribution in [3.63, 3.8) is 0 Å². The number of nitrogens with two attached hydrogens (primary N) is 1. The SMILES string of the molecule is C=CNC.C=CNC1CCC(c2ccc(N)cc2)CC1.CC. The van der Waals surface area contributed by atoms with Crippen LogP contribution in [-0.2, 0) is 0 Å². The van der Waals surface area contributed by atoms with Gasteiger partial charge in [-0.05, 0) is 61.7 Å². The van der Waals surface area contributed by atoms with Gasteiger partial charge in [-0.3, -0.25) is 0 Å². The molecule has 4 N–H and O–H groups in total. The number of hydrogen-bond acceptors (Lipinski definition) is 3. The van der Waals surface area contributed by atoms with Crippen molar-refractivity contribution in [2.24, 2.45) is 0 Å². The maximum absolute atomic E-state index is 5.70. The molecular formula is C19H33N3. The molecule has 0 aromatic heterocycles. The third-order valence-corrected chi connectivity index (χ3v) is 3.69. The van der Waals surface area contributed by atoms with Gasteiger partial charge in [-0.15, -0.1) is 0 Å². The van der Waals surface area contributed by atoms with Crippen molar-refractivity contribution in [2.75, 3.05) is 12.8 Å². The largest absolute Gasteiger partial charge is 0.399 e. The summed E-state index contributed by atoms with van der Waals surface area (Å²) in [5.74, 6) is 0.712. The monoisotopic (exact) mass is 303 g/mol. The van der Waals surface area contributed by atoms with Crippen LogP contribution in [-0.4, -0.2) is 13.1 Å². The molecule has 1 aliphatic carbocycles. The minimum atomic E-state index is 0.627. The Hall–Kier alpha value is -1.90. The minimum absolute atomic E-state index is 0.627. The van der Waals surface area contributed by atoms with E-state index in [9.17, 15) is 0 Å². The van der Waals surface area contributed by atoms with Crippen molar-refractivity contribution in [3.8, 4) is 0 Å². The van der Waals surface area contributed by atoms with E-state index in [-0.39, 0.29) is 0 Å². The molecule has 0 saturated heterocycles. The van der Waals surface area contributed by atoms with E-state index in [2.05, 4.69) is 35.9 Å². The van der Waals surface area contributed by atoms with Gasteiger partial charge in [0.2, 0.25) is 0 Å². The first-order valence-corrected chi connectivity index (χ1v) is 8.21. The van der Waals surface area contributed by atoms with E-state index in [4.69, 9.17) is 5.73 Å². The Morgan fingerprint density at radius 3 is 1.91 bits per heavy atom. The van der Waals surface area contributed by atoms with E-state index in [0.29, 0.717) is 12.0 Å². The van der Waals surface area contributed by atoms with E-state index in [0.717, 1.165) is 5.69 Å². The third kappa shape index (κ3) is 7.77. The summed E-state index contributed by atoms with van der Waals surface area (Å²) < 4.78 is 0. The van der Waals surface area contributed by atoms with Gasteiger partial charge in [-0.25, -0.2) is 0 Å². The number of nitrogens with one attached hydrogen (secondary N) is 2. The molecule has 3 nitrogen and oxygen atoms in total. The molecule has 1 saturated carbocycles. The quantitative estimate of drug-likeness (QED) is 0.722. The zero-order valence-corrected chi connectivity index (χ0v) is 14.4. The second-order valence-electron chi connectivity index (χ2n) is 5.08. The lowest BCUT2D eigenvalue weighted by Crippen LogP contribution is -2.28. The van der Waals surface area contributed by atoms with Crippen LogP contribution < -0.4 is 16.4 Å². The van der Waals surface area contributed by atoms with Crippen molar-refractivity contribution in [1.82, 2.24) is 10.6 Å². The molecule has 0 heterocycles. The number of anilines is 1. The van der Waals surface area contributed by atoms with E-state index in [1.807, 2.05) is 39.2 Å². The van der Waals surface area contributed by atoms with Crippen LogP contribution in [0.4, 0.5) is 5.69 Å². The highest BCUT2D eigenvalue weighted by atomic mass is 14.9. The third-order valence-electron chi connectivity index (χ3n) is 3.69. The second kappa shape index (κ2) is 12.8. The maximum Gasteiger partial charge on any atom is 0.0314 e. The average Bonchev–Trinajstić information content (AvgIpc) is 2.59. The first-order chi connectivity index (χ1) is 10.7. The summed E-state index contributed by atoms with van der Waals surface area (Å²) in [6.07, 6.45) is 8.43. The highest BCUT2D eigenvalue weighted by molar-refractivity contribution is 5.40. The van der Waals surface area contributed by atoms with E-state index in [1.54, 1.807) is 6.20 Å². The minimum Gasteiger partial charge on any atom is -0.399 e. The normalized spacial score (nSPS) is 19.4. The van der Waals surface area contributed by atoms with Gasteiger partial charge in [-0.1, -0.05) is 39.1 Å². The van der Waals surface area contributed by atoms with Crippen LogP contribution in [0, 0.1) is 0 Å². The Bertz CT molecular complexity index is 390. The summed E-state index contributed by atoms with van der Waals surface area (Å²) in [6.45, 7) is 11.1. The van der Waals surface area contributed by atoms with Crippen LogP contribution in [0.1, 0.15) is 51.0 Å². The fourth-order valence-electron chi connectivity index (χ4n) is 2.53. The van der Waals surface area contributed by atoms with Gasteiger partial charge >= 0.3 is 0 Å². The van der Waals surface area contributed by atoms with Gasteiger partial charge < -0.3 is 16.4 Å². The predicted molar refractivity (Wildman–Crippen MR) is 99.8 cm³/mol. The van der Waals surface area contributed by atoms with Crippen LogP contribution in [0.2, 0.25) is 0 Å². The highest BCUT2D eigenvalue weighted by Gasteiger charge is 2.21. The summed E-state index contributed by atoms with van der Waals surface area (Å²) in [5.41, 5.74) is 7.99. The zero-order chi connectivity index (χ0) is 16.8. The van der Waals surface area contributed by atoms with E-state index < -0.39 is 0 Å². The van der Waals surface area contributed by atoms with Crippen LogP contribution in [0.5, 0.6) is 0 Å². The molecule has 22 heavy (non-hydrogen) atoms. The zero-order valence-electron chi connectivity index (χ0n) is 14.4. The summed E-state index contributed by atoms with van der Waals surface area (Å²) >= 11 is 0. The molecule has 0 amide bonds. The van der Waals surface area contributed by atoms with Gasteiger partial charge in [0.25, 0.3) is 0 Å². The Morgan fingerprint density at radius 1 is 1.00 bits per heavy atom. The topological polar surface area (TPSA) is 50.1 Å². The summed E-state index contributed by atoms with van der Waals surface area (Å²) in [5, 5.41) is 6.00. The molecule has 0 aliphatic heterocycles. The molecule has 0 atom stereocenters. The predicted octanol–water partition coefficient (Wildman–Crippen LogP) is 4.40. The standard InChI is InChI=1S/C14H20N2.C3H7N.C2H6/c1-2-16-14-9-5-12(6-10-14)11-3-7-13(15)8-4-11;1-3-4-2;1-2/h2-4,7-8,12,14,16H,1,5-6,9-10,15H2;3-4H,1H2,2H3;1-2H3. The van der Waals surface area contributed by atoms with Gasteiger partial charge in [0.15, 0.2) is 0 Å². The molecule has 0 radical (unpaired) electrons. The van der Waals surface area contributed by atoms with Crippen molar-refractivity contribution in [2.45, 2.75) is 51.5 Å². The van der Waals surface area contributed by atoms with Crippen molar-refractivity contribution < 1.29 is 0 Å². The highest BCUT2D eigenvalue weighted by Crippen LogP contribution is 2.33. The van der Waals surface area contributed by atoms with Crippen LogP contribution in [0.15, 0.2) is 49.8 Å². The Labute approximate surface area is 136 Å². The molecule has 1 fully saturated rings. The average molecular weight is 303 g/mol. The molecule has 0 bridgehead atoms. The lowest BCUT2D eigenvalue weighted by molar-refractivity contribution is 0.367. The molecule has 1 aromatic rings. The first kappa shape index (κ1) is 20.1. The second-order valence-corrected chi connectivity index (χ2v) is 5.08. The van der Waals surface area contributed by atoms with Gasteiger partial charge in [0.1, 0.15) is 0 Å². The molecular weight excluding hydrogens is 270 g/mol. The van der Waals surface area contributed by atoms with Gasteiger partial charge in [0, 0.05) is 18.8 Å². The molecule has 2 rings (SSSR count). The molecule has 124 valence electrons. The lowest BCUT2D eigenvalue weighted by atomic mass is 9.82.